The molecular formula is C22H26N6O2. The minimum Gasteiger partial charge on any atom is -0.383 e. The number of likely N-dealkylation sites (tertiary alicyclic amines) is 1. The molecule has 2 aliphatic rings. The second-order valence-corrected chi connectivity index (χ2v) is 8.12. The first kappa shape index (κ1) is 19.0. The van der Waals surface area contributed by atoms with Crippen molar-refractivity contribution in [1.82, 2.24) is 24.6 Å². The zero-order chi connectivity index (χ0) is 20.6. The van der Waals surface area contributed by atoms with Crippen molar-refractivity contribution in [2.75, 3.05) is 38.3 Å². The fraction of sp³-hybridized carbons (Fsp3) is 0.455. The molecule has 3 aromatic rings. The summed E-state index contributed by atoms with van der Waals surface area (Å²) in [5.74, 6) is 0.0545. The average molecular weight is 406 g/mol. The molecule has 4 heterocycles. The molecule has 2 saturated heterocycles. The number of amides is 1. The summed E-state index contributed by atoms with van der Waals surface area (Å²) in [5, 5.41) is 4.30. The SMILES string of the molecule is COCCn1nccc1C(=O)N1CCC[C@]2(CCN2c2ccc3nccnc3c2)C1. The van der Waals surface area contributed by atoms with Crippen LogP contribution in [-0.2, 0) is 11.3 Å². The Morgan fingerprint density at radius 3 is 2.77 bits per heavy atom. The second kappa shape index (κ2) is 7.68. The van der Waals surface area contributed by atoms with Gasteiger partial charge in [-0.25, -0.2) is 0 Å². The van der Waals surface area contributed by atoms with E-state index in [1.807, 2.05) is 11.0 Å². The van der Waals surface area contributed by atoms with E-state index in [2.05, 4.69) is 32.1 Å². The molecule has 0 bridgehead atoms. The van der Waals surface area contributed by atoms with E-state index < -0.39 is 0 Å². The van der Waals surface area contributed by atoms with Gasteiger partial charge in [0.25, 0.3) is 5.91 Å². The maximum atomic E-state index is 13.3. The summed E-state index contributed by atoms with van der Waals surface area (Å²) in [6, 6.07) is 8.08. The fourth-order valence-corrected chi connectivity index (χ4v) is 4.80. The Bertz CT molecular complexity index is 1070. The summed E-state index contributed by atoms with van der Waals surface area (Å²) >= 11 is 0. The smallest absolute Gasteiger partial charge is 0.272 e. The topological polar surface area (TPSA) is 76.4 Å². The lowest BCUT2D eigenvalue weighted by molar-refractivity contribution is 0.0549. The molecule has 2 fully saturated rings. The summed E-state index contributed by atoms with van der Waals surface area (Å²) in [6.07, 6.45) is 8.33. The number of fused-ring (bicyclic) bond motifs is 1. The summed E-state index contributed by atoms with van der Waals surface area (Å²) in [7, 11) is 1.66. The number of benzene rings is 1. The third kappa shape index (κ3) is 3.21. The highest BCUT2D eigenvalue weighted by molar-refractivity contribution is 5.92. The lowest BCUT2D eigenvalue weighted by Crippen LogP contribution is -2.68. The number of hydrogen-bond donors (Lipinski definition) is 0. The number of aromatic nitrogens is 4. The van der Waals surface area contributed by atoms with Crippen molar-refractivity contribution in [2.45, 2.75) is 31.3 Å². The fourth-order valence-electron chi connectivity index (χ4n) is 4.80. The number of hydrogen-bond acceptors (Lipinski definition) is 6. The maximum Gasteiger partial charge on any atom is 0.272 e. The minimum absolute atomic E-state index is 0.00117. The third-order valence-electron chi connectivity index (χ3n) is 6.42. The molecule has 5 rings (SSSR count). The molecule has 2 aliphatic heterocycles. The Balaban J connectivity index is 1.36. The quantitative estimate of drug-likeness (QED) is 0.647. The molecule has 8 nitrogen and oxygen atoms in total. The summed E-state index contributed by atoms with van der Waals surface area (Å²) in [4.78, 5) is 26.5. The van der Waals surface area contributed by atoms with Crippen molar-refractivity contribution in [1.29, 1.82) is 0 Å². The third-order valence-corrected chi connectivity index (χ3v) is 6.42. The number of carbonyl (C=O) groups excluding carboxylic acids is 1. The molecule has 30 heavy (non-hydrogen) atoms. The van der Waals surface area contributed by atoms with Gasteiger partial charge in [0.05, 0.1) is 29.7 Å². The number of methoxy groups -OCH3 is 1. The van der Waals surface area contributed by atoms with Crippen LogP contribution in [0.2, 0.25) is 0 Å². The highest BCUT2D eigenvalue weighted by atomic mass is 16.5. The lowest BCUT2D eigenvalue weighted by atomic mass is 9.77. The van der Waals surface area contributed by atoms with Gasteiger partial charge in [0.1, 0.15) is 5.69 Å². The Morgan fingerprint density at radius 2 is 1.97 bits per heavy atom. The predicted octanol–water partition coefficient (Wildman–Crippen LogP) is 2.36. The van der Waals surface area contributed by atoms with Gasteiger partial charge >= 0.3 is 0 Å². The number of piperidine rings is 1. The van der Waals surface area contributed by atoms with Crippen molar-refractivity contribution < 1.29 is 9.53 Å². The molecule has 156 valence electrons. The first-order valence-electron chi connectivity index (χ1n) is 10.5. The Hall–Kier alpha value is -3.00. The number of ether oxygens (including phenoxy) is 1. The van der Waals surface area contributed by atoms with Crippen LogP contribution < -0.4 is 4.90 Å². The van der Waals surface area contributed by atoms with Gasteiger partial charge in [-0.15, -0.1) is 0 Å². The largest absolute Gasteiger partial charge is 0.383 e. The maximum absolute atomic E-state index is 13.3. The van der Waals surface area contributed by atoms with E-state index >= 15 is 0 Å². The van der Waals surface area contributed by atoms with E-state index in [4.69, 9.17) is 4.74 Å². The van der Waals surface area contributed by atoms with Crippen LogP contribution in [0, 0.1) is 0 Å². The number of rotatable bonds is 5. The molecule has 8 heteroatoms. The number of nitrogens with zero attached hydrogens (tertiary/aromatic N) is 6. The Morgan fingerprint density at radius 1 is 1.10 bits per heavy atom. The Kier molecular flexibility index (Phi) is 4.86. The summed E-state index contributed by atoms with van der Waals surface area (Å²) in [6.45, 7) is 3.63. The normalized spacial score (nSPS) is 21.2. The lowest BCUT2D eigenvalue weighted by Gasteiger charge is -2.58. The van der Waals surface area contributed by atoms with Crippen LogP contribution in [-0.4, -0.2) is 69.4 Å². The summed E-state index contributed by atoms with van der Waals surface area (Å²) < 4.78 is 6.89. The molecule has 1 amide bonds. The van der Waals surface area contributed by atoms with Crippen molar-refractivity contribution in [3.63, 3.8) is 0 Å². The van der Waals surface area contributed by atoms with Gasteiger partial charge in [0.2, 0.25) is 0 Å². The van der Waals surface area contributed by atoms with Gasteiger partial charge < -0.3 is 14.5 Å². The first-order valence-corrected chi connectivity index (χ1v) is 10.5. The van der Waals surface area contributed by atoms with Gasteiger partial charge in [-0.05, 0) is 43.5 Å². The molecular weight excluding hydrogens is 380 g/mol. The van der Waals surface area contributed by atoms with E-state index in [-0.39, 0.29) is 11.4 Å². The van der Waals surface area contributed by atoms with Crippen molar-refractivity contribution in [2.24, 2.45) is 0 Å². The minimum atomic E-state index is 0.00117. The van der Waals surface area contributed by atoms with Crippen LogP contribution in [0.3, 0.4) is 0 Å². The van der Waals surface area contributed by atoms with Crippen molar-refractivity contribution in [3.05, 3.63) is 48.5 Å². The molecule has 1 aromatic carbocycles. The predicted molar refractivity (Wildman–Crippen MR) is 113 cm³/mol. The molecule has 0 unspecified atom stereocenters. The molecule has 0 saturated carbocycles. The zero-order valence-corrected chi connectivity index (χ0v) is 17.2. The van der Waals surface area contributed by atoms with Crippen LogP contribution in [0.5, 0.6) is 0 Å². The van der Waals surface area contributed by atoms with Crippen LogP contribution >= 0.6 is 0 Å². The van der Waals surface area contributed by atoms with Crippen LogP contribution in [0.15, 0.2) is 42.9 Å². The average Bonchev–Trinajstić information content (AvgIpc) is 3.25. The van der Waals surface area contributed by atoms with E-state index in [0.717, 1.165) is 55.6 Å². The number of anilines is 1. The number of carbonyl (C=O) groups is 1. The van der Waals surface area contributed by atoms with Crippen LogP contribution in [0.4, 0.5) is 5.69 Å². The molecule has 2 aromatic heterocycles. The van der Waals surface area contributed by atoms with Gasteiger partial charge in [-0.2, -0.15) is 5.10 Å². The zero-order valence-electron chi connectivity index (χ0n) is 17.2. The van der Waals surface area contributed by atoms with Gasteiger partial charge in [-0.1, -0.05) is 0 Å². The highest BCUT2D eigenvalue weighted by Crippen LogP contribution is 2.42. The molecule has 1 spiro atoms. The van der Waals surface area contributed by atoms with Gasteiger partial charge in [0, 0.05) is 51.0 Å². The van der Waals surface area contributed by atoms with Crippen molar-refractivity contribution >= 4 is 22.6 Å². The van der Waals surface area contributed by atoms with E-state index in [9.17, 15) is 4.79 Å². The Labute approximate surface area is 175 Å². The van der Waals surface area contributed by atoms with Gasteiger partial charge in [0.15, 0.2) is 0 Å². The van der Waals surface area contributed by atoms with E-state index in [1.54, 1.807) is 36.4 Å². The first-order chi connectivity index (χ1) is 14.7. The molecule has 0 radical (unpaired) electrons. The van der Waals surface area contributed by atoms with Gasteiger partial charge in [-0.3, -0.25) is 19.4 Å². The molecule has 1 atom stereocenters. The van der Waals surface area contributed by atoms with Crippen LogP contribution in [0.1, 0.15) is 29.8 Å². The second-order valence-electron chi connectivity index (χ2n) is 8.12. The summed E-state index contributed by atoms with van der Waals surface area (Å²) in [5.41, 5.74) is 3.61. The van der Waals surface area contributed by atoms with Crippen molar-refractivity contribution in [3.8, 4) is 0 Å². The van der Waals surface area contributed by atoms with Crippen LogP contribution in [0.25, 0.3) is 11.0 Å². The standard InChI is InChI=1S/C22H26N6O2/c1-30-14-13-28-20(5-8-25-28)21(29)26-11-2-6-22(16-26)7-12-27(22)17-3-4-18-19(15-17)24-10-9-23-18/h3-5,8-10,15H,2,6-7,11-14,16H2,1H3/t22-/m0/s1. The van der Waals surface area contributed by atoms with E-state index in [1.165, 1.54) is 0 Å². The van der Waals surface area contributed by atoms with E-state index in [0.29, 0.717) is 18.8 Å². The molecule has 0 N–H and O–H groups in total. The highest BCUT2D eigenvalue weighted by Gasteiger charge is 2.48. The molecule has 0 aliphatic carbocycles. The monoisotopic (exact) mass is 406 g/mol.